The van der Waals surface area contributed by atoms with E-state index in [-0.39, 0.29) is 11.4 Å². The molecule has 0 amide bonds. The molecular formula is C13H11BrN2O3. The smallest absolute Gasteiger partial charge is 0.312 e. The third-order valence-corrected chi connectivity index (χ3v) is 2.98. The number of nitro benzene ring substituents is 1. The van der Waals surface area contributed by atoms with Crippen molar-refractivity contribution in [1.82, 2.24) is 0 Å². The maximum atomic E-state index is 11.0. The summed E-state index contributed by atoms with van der Waals surface area (Å²) in [6.45, 7) is 0. The highest BCUT2D eigenvalue weighted by molar-refractivity contribution is 9.10. The first kappa shape index (κ1) is 13.4. The molecule has 0 aliphatic carbocycles. The summed E-state index contributed by atoms with van der Waals surface area (Å²) < 4.78 is 6.17. The second-order valence-corrected chi connectivity index (χ2v) is 4.66. The molecule has 0 fully saturated rings. The topological polar surface area (TPSA) is 64.4 Å². The lowest BCUT2D eigenvalue weighted by Crippen LogP contribution is -1.94. The largest absolute Gasteiger partial charge is 0.450 e. The van der Waals surface area contributed by atoms with Gasteiger partial charge in [-0.05, 0) is 36.4 Å². The van der Waals surface area contributed by atoms with Crippen molar-refractivity contribution in [2.75, 3.05) is 12.4 Å². The van der Waals surface area contributed by atoms with Crippen LogP contribution in [-0.2, 0) is 0 Å². The number of nitrogens with zero attached hydrogens (tertiary/aromatic N) is 1. The third-order valence-electron chi connectivity index (χ3n) is 2.49. The summed E-state index contributed by atoms with van der Waals surface area (Å²) in [7, 11) is 1.81. The van der Waals surface area contributed by atoms with Gasteiger partial charge in [-0.2, -0.15) is 0 Å². The minimum absolute atomic E-state index is 0.0768. The maximum absolute atomic E-state index is 11.0. The summed E-state index contributed by atoms with van der Waals surface area (Å²) in [5.41, 5.74) is 0.865. The zero-order valence-corrected chi connectivity index (χ0v) is 11.7. The number of ether oxygens (including phenoxy) is 1. The molecule has 0 radical (unpaired) electrons. The van der Waals surface area contributed by atoms with E-state index in [0.717, 1.165) is 5.69 Å². The van der Waals surface area contributed by atoms with Crippen LogP contribution in [0.1, 0.15) is 0 Å². The van der Waals surface area contributed by atoms with Gasteiger partial charge >= 0.3 is 5.69 Å². The van der Waals surface area contributed by atoms with E-state index >= 15 is 0 Å². The fourth-order valence-corrected chi connectivity index (χ4v) is 1.89. The highest BCUT2D eigenvalue weighted by Crippen LogP contribution is 2.33. The Labute approximate surface area is 118 Å². The molecule has 0 heterocycles. The fourth-order valence-electron chi connectivity index (χ4n) is 1.54. The zero-order chi connectivity index (χ0) is 13.8. The molecule has 0 aliphatic rings. The first-order valence-electron chi connectivity index (χ1n) is 5.50. The molecule has 0 saturated heterocycles. The Kier molecular flexibility index (Phi) is 4.01. The van der Waals surface area contributed by atoms with Crippen LogP contribution in [0.15, 0.2) is 46.9 Å². The Morgan fingerprint density at radius 2 is 1.89 bits per heavy atom. The lowest BCUT2D eigenvalue weighted by Gasteiger charge is -2.07. The van der Waals surface area contributed by atoms with Crippen molar-refractivity contribution in [2.24, 2.45) is 0 Å². The summed E-state index contributed by atoms with van der Waals surface area (Å²) in [5, 5.41) is 13.9. The fraction of sp³-hybridized carbons (Fsp3) is 0.0769. The van der Waals surface area contributed by atoms with E-state index in [0.29, 0.717) is 10.2 Å². The molecule has 5 nitrogen and oxygen atoms in total. The van der Waals surface area contributed by atoms with Gasteiger partial charge in [0.2, 0.25) is 5.75 Å². The van der Waals surface area contributed by atoms with Gasteiger partial charge in [-0.15, -0.1) is 0 Å². The predicted molar refractivity (Wildman–Crippen MR) is 76.9 cm³/mol. The van der Waals surface area contributed by atoms with Gasteiger partial charge < -0.3 is 10.1 Å². The summed E-state index contributed by atoms with van der Waals surface area (Å²) in [6.07, 6.45) is 0. The van der Waals surface area contributed by atoms with E-state index in [9.17, 15) is 10.1 Å². The average molecular weight is 323 g/mol. The number of nitrogens with one attached hydrogen (secondary N) is 1. The highest BCUT2D eigenvalue weighted by atomic mass is 79.9. The second kappa shape index (κ2) is 5.71. The summed E-state index contributed by atoms with van der Waals surface area (Å²) in [4.78, 5) is 10.5. The van der Waals surface area contributed by atoms with Crippen molar-refractivity contribution in [1.29, 1.82) is 0 Å². The number of rotatable bonds is 4. The molecule has 0 atom stereocenters. The van der Waals surface area contributed by atoms with Gasteiger partial charge in [-0.3, -0.25) is 10.1 Å². The van der Waals surface area contributed by atoms with Crippen molar-refractivity contribution in [3.8, 4) is 11.5 Å². The molecule has 2 aromatic rings. The van der Waals surface area contributed by atoms with Gasteiger partial charge in [0.25, 0.3) is 0 Å². The van der Waals surface area contributed by atoms with Gasteiger partial charge in [-0.1, -0.05) is 15.9 Å². The van der Waals surface area contributed by atoms with Crippen molar-refractivity contribution in [3.63, 3.8) is 0 Å². The van der Waals surface area contributed by atoms with Crippen LogP contribution in [-0.4, -0.2) is 12.0 Å². The lowest BCUT2D eigenvalue weighted by molar-refractivity contribution is -0.385. The van der Waals surface area contributed by atoms with E-state index in [1.54, 1.807) is 24.3 Å². The van der Waals surface area contributed by atoms with Crippen LogP contribution < -0.4 is 10.1 Å². The zero-order valence-electron chi connectivity index (χ0n) is 10.1. The molecular weight excluding hydrogens is 312 g/mol. The average Bonchev–Trinajstić information content (AvgIpc) is 2.41. The Balaban J connectivity index is 2.29. The van der Waals surface area contributed by atoms with Crippen molar-refractivity contribution < 1.29 is 9.66 Å². The molecule has 0 bridgehead atoms. The Bertz CT molecular complexity index is 599. The molecule has 1 N–H and O–H groups in total. The molecule has 2 aromatic carbocycles. The maximum Gasteiger partial charge on any atom is 0.312 e. The van der Waals surface area contributed by atoms with Crippen LogP contribution in [0.5, 0.6) is 11.5 Å². The van der Waals surface area contributed by atoms with E-state index < -0.39 is 4.92 Å². The first-order valence-corrected chi connectivity index (χ1v) is 6.29. The Morgan fingerprint density at radius 3 is 2.47 bits per heavy atom. The van der Waals surface area contributed by atoms with Crippen molar-refractivity contribution >= 4 is 27.3 Å². The molecule has 6 heteroatoms. The molecule has 0 saturated carbocycles. The first-order chi connectivity index (χ1) is 9.10. The number of anilines is 1. The quantitative estimate of drug-likeness (QED) is 0.677. The molecule has 0 spiro atoms. The summed E-state index contributed by atoms with van der Waals surface area (Å²) >= 11 is 3.20. The molecule has 98 valence electrons. The molecule has 19 heavy (non-hydrogen) atoms. The number of nitro groups is 1. The van der Waals surface area contributed by atoms with Crippen LogP contribution >= 0.6 is 15.9 Å². The standard InChI is InChI=1S/C13H11BrN2O3/c1-15-10-3-5-11(6-4-10)19-13-7-2-9(14)8-12(13)16(17)18/h2-8,15H,1H3. The van der Waals surface area contributed by atoms with Crippen molar-refractivity contribution in [3.05, 3.63) is 57.1 Å². The Morgan fingerprint density at radius 1 is 1.21 bits per heavy atom. The molecule has 2 rings (SSSR count). The van der Waals surface area contributed by atoms with Crippen LogP contribution in [0.25, 0.3) is 0 Å². The van der Waals surface area contributed by atoms with Gasteiger partial charge in [-0.25, -0.2) is 0 Å². The van der Waals surface area contributed by atoms with Gasteiger partial charge in [0.1, 0.15) is 5.75 Å². The van der Waals surface area contributed by atoms with Crippen LogP contribution in [0.3, 0.4) is 0 Å². The van der Waals surface area contributed by atoms with E-state index in [2.05, 4.69) is 21.2 Å². The van der Waals surface area contributed by atoms with E-state index in [1.165, 1.54) is 6.07 Å². The molecule has 0 aromatic heterocycles. The minimum atomic E-state index is -0.470. The van der Waals surface area contributed by atoms with Gasteiger partial charge in [0.15, 0.2) is 0 Å². The predicted octanol–water partition coefficient (Wildman–Crippen LogP) is 4.19. The SMILES string of the molecule is CNc1ccc(Oc2ccc(Br)cc2[N+](=O)[O-])cc1. The van der Waals surface area contributed by atoms with Crippen molar-refractivity contribution in [2.45, 2.75) is 0 Å². The number of benzene rings is 2. The van der Waals surface area contributed by atoms with Crippen LogP contribution in [0, 0.1) is 10.1 Å². The number of hydrogen-bond acceptors (Lipinski definition) is 4. The van der Waals surface area contributed by atoms with E-state index in [1.807, 2.05) is 19.2 Å². The van der Waals surface area contributed by atoms with Gasteiger partial charge in [0.05, 0.1) is 4.92 Å². The Hall–Kier alpha value is -2.08. The minimum Gasteiger partial charge on any atom is -0.450 e. The highest BCUT2D eigenvalue weighted by Gasteiger charge is 2.16. The third kappa shape index (κ3) is 3.23. The lowest BCUT2D eigenvalue weighted by atomic mass is 10.3. The van der Waals surface area contributed by atoms with Crippen LogP contribution in [0.4, 0.5) is 11.4 Å². The monoisotopic (exact) mass is 322 g/mol. The normalized spacial score (nSPS) is 10.0. The molecule has 0 unspecified atom stereocenters. The van der Waals surface area contributed by atoms with Gasteiger partial charge in [0, 0.05) is 23.3 Å². The van der Waals surface area contributed by atoms with Crippen LogP contribution in [0.2, 0.25) is 0 Å². The number of halogens is 1. The van der Waals surface area contributed by atoms with E-state index in [4.69, 9.17) is 4.74 Å². The number of hydrogen-bond donors (Lipinski definition) is 1. The summed E-state index contributed by atoms with van der Waals surface area (Å²) in [5.74, 6) is 0.759. The molecule has 0 aliphatic heterocycles. The summed E-state index contributed by atoms with van der Waals surface area (Å²) in [6, 6.07) is 11.8. The second-order valence-electron chi connectivity index (χ2n) is 3.75.